The number of aryl methyl sites for hydroxylation is 1. The minimum Gasteiger partial charge on any atom is -0.310 e. The van der Waals surface area contributed by atoms with Crippen LogP contribution in [-0.4, -0.2) is 6.54 Å². The third-order valence-corrected chi connectivity index (χ3v) is 5.12. The lowest BCUT2D eigenvalue weighted by atomic mass is 9.79. The van der Waals surface area contributed by atoms with Crippen molar-refractivity contribution in [2.75, 3.05) is 6.54 Å². The molecule has 1 nitrogen and oxygen atoms in total. The van der Waals surface area contributed by atoms with Gasteiger partial charge < -0.3 is 5.32 Å². The zero-order valence-electron chi connectivity index (χ0n) is 12.0. The topological polar surface area (TPSA) is 12.0 Å². The fraction of sp³-hybridized carbons (Fsp3) is 0.368. The summed E-state index contributed by atoms with van der Waals surface area (Å²) in [5.74, 6) is 1.30. The predicted octanol–water partition coefficient (Wildman–Crippen LogP) is 4.18. The molecule has 1 fully saturated rings. The van der Waals surface area contributed by atoms with Gasteiger partial charge in [0.15, 0.2) is 0 Å². The number of piperidine rings is 1. The highest BCUT2D eigenvalue weighted by Crippen LogP contribution is 2.52. The smallest absolute Gasteiger partial charge is 0.0360 e. The molecule has 1 N–H and O–H groups in total. The van der Waals surface area contributed by atoms with Crippen LogP contribution in [0.5, 0.6) is 0 Å². The molecule has 1 aliphatic carbocycles. The second-order valence-corrected chi connectivity index (χ2v) is 6.20. The lowest BCUT2D eigenvalue weighted by Crippen LogP contribution is -2.33. The average molecular weight is 263 g/mol. The lowest BCUT2D eigenvalue weighted by Gasteiger charge is -2.31. The summed E-state index contributed by atoms with van der Waals surface area (Å²) in [6, 6.07) is 18.5. The molecule has 4 rings (SSSR count). The van der Waals surface area contributed by atoms with Crippen LogP contribution in [0.4, 0.5) is 0 Å². The molecule has 0 unspecified atom stereocenters. The van der Waals surface area contributed by atoms with Crippen molar-refractivity contribution >= 4 is 0 Å². The van der Waals surface area contributed by atoms with E-state index >= 15 is 0 Å². The summed E-state index contributed by atoms with van der Waals surface area (Å²) in [6.45, 7) is 3.41. The van der Waals surface area contributed by atoms with Crippen molar-refractivity contribution in [2.45, 2.75) is 31.7 Å². The van der Waals surface area contributed by atoms with E-state index in [1.54, 1.807) is 5.56 Å². The van der Waals surface area contributed by atoms with Crippen LogP contribution in [0.1, 0.15) is 47.1 Å². The van der Waals surface area contributed by atoms with E-state index in [1.807, 2.05) is 0 Å². The van der Waals surface area contributed by atoms with E-state index in [1.165, 1.54) is 29.5 Å². The van der Waals surface area contributed by atoms with Crippen molar-refractivity contribution in [3.63, 3.8) is 0 Å². The Morgan fingerprint density at radius 2 is 1.60 bits per heavy atom. The van der Waals surface area contributed by atoms with Crippen LogP contribution in [0.15, 0.2) is 48.5 Å². The second-order valence-electron chi connectivity index (χ2n) is 6.20. The molecule has 3 atom stereocenters. The molecule has 20 heavy (non-hydrogen) atoms. The number of nitrogens with one attached hydrogen (secondary N) is 1. The van der Waals surface area contributed by atoms with Gasteiger partial charge in [-0.1, -0.05) is 48.5 Å². The molecular weight excluding hydrogens is 242 g/mol. The van der Waals surface area contributed by atoms with E-state index in [-0.39, 0.29) is 0 Å². The molecule has 2 aromatic rings. The van der Waals surface area contributed by atoms with Gasteiger partial charge in [0.1, 0.15) is 0 Å². The average Bonchev–Trinajstić information content (AvgIpc) is 2.83. The predicted molar refractivity (Wildman–Crippen MR) is 82.9 cm³/mol. The molecule has 2 aliphatic rings. The summed E-state index contributed by atoms with van der Waals surface area (Å²) in [5.41, 5.74) is 6.03. The van der Waals surface area contributed by atoms with Crippen molar-refractivity contribution in [2.24, 2.45) is 5.92 Å². The molecule has 0 saturated carbocycles. The van der Waals surface area contributed by atoms with Gasteiger partial charge in [-0.05, 0) is 54.5 Å². The minimum atomic E-state index is 0.560. The standard InChI is InChI=1S/C19H21N/c1-13-7-2-3-8-14(13)18-15-9-4-5-10-16(15)19-17(18)11-6-12-20-19/h2-5,7-10,17-20H,6,11-12H2,1H3/t17-,18+,19+/m0/s1. The number of benzene rings is 2. The molecule has 1 saturated heterocycles. The molecule has 0 aromatic heterocycles. The molecule has 1 heteroatoms. The van der Waals surface area contributed by atoms with Crippen LogP contribution < -0.4 is 5.32 Å². The normalized spacial score (nSPS) is 27.9. The van der Waals surface area contributed by atoms with Gasteiger partial charge in [0.25, 0.3) is 0 Å². The third kappa shape index (κ3) is 1.73. The third-order valence-electron chi connectivity index (χ3n) is 5.12. The van der Waals surface area contributed by atoms with E-state index in [0.29, 0.717) is 12.0 Å². The largest absolute Gasteiger partial charge is 0.310 e. The number of fused-ring (bicyclic) bond motifs is 3. The first-order chi connectivity index (χ1) is 9.86. The number of hydrogen-bond acceptors (Lipinski definition) is 1. The van der Waals surface area contributed by atoms with Gasteiger partial charge in [-0.25, -0.2) is 0 Å². The first kappa shape index (κ1) is 12.2. The van der Waals surface area contributed by atoms with Crippen molar-refractivity contribution in [3.05, 3.63) is 70.8 Å². The van der Waals surface area contributed by atoms with Gasteiger partial charge in [0.2, 0.25) is 0 Å². The van der Waals surface area contributed by atoms with Crippen molar-refractivity contribution in [1.82, 2.24) is 5.32 Å². The fourth-order valence-electron chi connectivity index (χ4n) is 4.25. The van der Waals surface area contributed by atoms with Crippen LogP contribution in [0, 0.1) is 12.8 Å². The molecule has 1 heterocycles. The summed E-state index contributed by atoms with van der Waals surface area (Å²) >= 11 is 0. The summed E-state index contributed by atoms with van der Waals surface area (Å²) in [6.07, 6.45) is 2.64. The van der Waals surface area contributed by atoms with Gasteiger partial charge in [-0.15, -0.1) is 0 Å². The number of hydrogen-bond donors (Lipinski definition) is 1. The summed E-state index contributed by atoms with van der Waals surface area (Å²) in [4.78, 5) is 0. The zero-order valence-corrected chi connectivity index (χ0v) is 12.0. The summed E-state index contributed by atoms with van der Waals surface area (Å²) in [7, 11) is 0. The van der Waals surface area contributed by atoms with Gasteiger partial charge >= 0.3 is 0 Å². The Morgan fingerprint density at radius 3 is 2.40 bits per heavy atom. The fourth-order valence-corrected chi connectivity index (χ4v) is 4.25. The second kappa shape index (κ2) is 4.75. The Bertz CT molecular complexity index is 631. The molecule has 0 spiro atoms. The Hall–Kier alpha value is -1.60. The highest BCUT2D eigenvalue weighted by molar-refractivity contribution is 5.48. The Morgan fingerprint density at radius 1 is 0.900 bits per heavy atom. The van der Waals surface area contributed by atoms with Gasteiger partial charge in [0, 0.05) is 12.0 Å². The Labute approximate surface area is 121 Å². The molecule has 102 valence electrons. The van der Waals surface area contributed by atoms with Gasteiger partial charge in [0.05, 0.1) is 0 Å². The van der Waals surface area contributed by atoms with E-state index in [9.17, 15) is 0 Å². The quantitative estimate of drug-likeness (QED) is 0.814. The monoisotopic (exact) mass is 263 g/mol. The number of rotatable bonds is 1. The maximum Gasteiger partial charge on any atom is 0.0360 e. The van der Waals surface area contributed by atoms with Crippen LogP contribution in [0.3, 0.4) is 0 Å². The van der Waals surface area contributed by atoms with Crippen LogP contribution in [0.2, 0.25) is 0 Å². The molecule has 0 bridgehead atoms. The molecular formula is C19H21N. The van der Waals surface area contributed by atoms with Crippen LogP contribution in [0.25, 0.3) is 0 Å². The minimum absolute atomic E-state index is 0.560. The van der Waals surface area contributed by atoms with Crippen molar-refractivity contribution in [3.8, 4) is 0 Å². The zero-order chi connectivity index (χ0) is 13.5. The molecule has 0 amide bonds. The van der Waals surface area contributed by atoms with Gasteiger partial charge in [-0.2, -0.15) is 0 Å². The Balaban J connectivity index is 1.88. The van der Waals surface area contributed by atoms with Crippen molar-refractivity contribution in [1.29, 1.82) is 0 Å². The Kier molecular flexibility index (Phi) is 2.89. The highest BCUT2D eigenvalue weighted by atomic mass is 14.9. The van der Waals surface area contributed by atoms with Crippen LogP contribution in [-0.2, 0) is 0 Å². The molecule has 1 aliphatic heterocycles. The first-order valence-corrected chi connectivity index (χ1v) is 7.74. The maximum absolute atomic E-state index is 3.76. The molecule has 0 radical (unpaired) electrons. The van der Waals surface area contributed by atoms with E-state index < -0.39 is 0 Å². The SMILES string of the molecule is Cc1ccccc1[C@@H]1c2ccccc2[C@H]2NCCC[C@@H]12. The van der Waals surface area contributed by atoms with E-state index in [4.69, 9.17) is 0 Å². The summed E-state index contributed by atoms with van der Waals surface area (Å²) in [5, 5.41) is 3.76. The van der Waals surface area contributed by atoms with E-state index in [2.05, 4.69) is 60.8 Å². The lowest BCUT2D eigenvalue weighted by molar-refractivity contribution is 0.286. The van der Waals surface area contributed by atoms with Crippen molar-refractivity contribution < 1.29 is 0 Å². The highest BCUT2D eigenvalue weighted by Gasteiger charge is 2.42. The van der Waals surface area contributed by atoms with Crippen LogP contribution >= 0.6 is 0 Å². The van der Waals surface area contributed by atoms with E-state index in [0.717, 1.165) is 12.5 Å². The van der Waals surface area contributed by atoms with Gasteiger partial charge in [-0.3, -0.25) is 0 Å². The molecule has 2 aromatic carbocycles. The summed E-state index contributed by atoms with van der Waals surface area (Å²) < 4.78 is 0. The first-order valence-electron chi connectivity index (χ1n) is 7.74. The maximum atomic E-state index is 3.76.